The monoisotopic (exact) mass is 219 g/mol. The van der Waals surface area contributed by atoms with Crippen LogP contribution in [-0.2, 0) is 6.42 Å². The highest BCUT2D eigenvalue weighted by Crippen LogP contribution is 2.33. The highest BCUT2D eigenvalue weighted by atomic mass is 35.5. The first kappa shape index (κ1) is 8.98. The van der Waals surface area contributed by atoms with Crippen molar-refractivity contribution in [1.29, 1.82) is 0 Å². The summed E-state index contributed by atoms with van der Waals surface area (Å²) in [6.07, 6.45) is 0.971. The van der Waals surface area contributed by atoms with Gasteiger partial charge in [-0.05, 0) is 30.7 Å². The molecule has 1 aromatic heterocycles. The van der Waals surface area contributed by atoms with E-state index in [-0.39, 0.29) is 0 Å². The SMILES string of the molecule is Cc1cc(Cl)c2cc3c(cc2n1)CCO3. The lowest BCUT2D eigenvalue weighted by Gasteiger charge is -2.05. The molecule has 0 saturated carbocycles. The average Bonchev–Trinajstić information content (AvgIpc) is 2.61. The fourth-order valence-electron chi connectivity index (χ4n) is 1.98. The number of benzene rings is 1. The van der Waals surface area contributed by atoms with Crippen LogP contribution in [0, 0.1) is 6.92 Å². The van der Waals surface area contributed by atoms with Crippen molar-refractivity contribution >= 4 is 22.5 Å². The zero-order chi connectivity index (χ0) is 10.4. The van der Waals surface area contributed by atoms with E-state index in [4.69, 9.17) is 16.3 Å². The van der Waals surface area contributed by atoms with Crippen molar-refractivity contribution in [2.45, 2.75) is 13.3 Å². The van der Waals surface area contributed by atoms with Gasteiger partial charge in [0.25, 0.3) is 0 Å². The van der Waals surface area contributed by atoms with E-state index in [0.29, 0.717) is 0 Å². The lowest BCUT2D eigenvalue weighted by molar-refractivity contribution is 0.357. The van der Waals surface area contributed by atoms with Gasteiger partial charge in [-0.1, -0.05) is 11.6 Å². The number of hydrogen-bond acceptors (Lipinski definition) is 2. The first-order chi connectivity index (χ1) is 7.24. The second kappa shape index (κ2) is 3.11. The molecule has 0 aliphatic carbocycles. The maximum absolute atomic E-state index is 6.17. The van der Waals surface area contributed by atoms with Crippen molar-refractivity contribution in [2.24, 2.45) is 0 Å². The Labute approximate surface area is 92.8 Å². The Hall–Kier alpha value is -1.28. The Morgan fingerprint density at radius 2 is 2.20 bits per heavy atom. The molecule has 0 amide bonds. The molecule has 0 N–H and O–H groups in total. The minimum atomic E-state index is 0.746. The van der Waals surface area contributed by atoms with E-state index in [2.05, 4.69) is 11.1 Å². The van der Waals surface area contributed by atoms with Gasteiger partial charge < -0.3 is 4.74 Å². The van der Waals surface area contributed by atoms with Crippen molar-refractivity contribution in [3.63, 3.8) is 0 Å². The average molecular weight is 220 g/mol. The van der Waals surface area contributed by atoms with Crippen LogP contribution in [0.15, 0.2) is 18.2 Å². The number of halogens is 1. The summed E-state index contributed by atoms with van der Waals surface area (Å²) in [4.78, 5) is 4.47. The lowest BCUT2D eigenvalue weighted by atomic mass is 10.1. The molecule has 0 bridgehead atoms. The van der Waals surface area contributed by atoms with Crippen molar-refractivity contribution in [3.8, 4) is 5.75 Å². The van der Waals surface area contributed by atoms with Gasteiger partial charge in [-0.25, -0.2) is 0 Å². The molecule has 3 rings (SSSR count). The predicted octanol–water partition coefficient (Wildman–Crippen LogP) is 3.13. The molecule has 0 atom stereocenters. The van der Waals surface area contributed by atoms with Crippen LogP contribution >= 0.6 is 11.6 Å². The van der Waals surface area contributed by atoms with Crippen LogP contribution in [0.3, 0.4) is 0 Å². The van der Waals surface area contributed by atoms with Gasteiger partial charge in [0.2, 0.25) is 0 Å². The van der Waals surface area contributed by atoms with Crippen molar-refractivity contribution in [1.82, 2.24) is 4.98 Å². The molecule has 0 unspecified atom stereocenters. The van der Waals surface area contributed by atoms with E-state index in [0.717, 1.165) is 40.4 Å². The van der Waals surface area contributed by atoms with Crippen LogP contribution in [0.1, 0.15) is 11.3 Å². The Morgan fingerprint density at radius 1 is 1.33 bits per heavy atom. The highest BCUT2D eigenvalue weighted by molar-refractivity contribution is 6.35. The van der Waals surface area contributed by atoms with Crippen molar-refractivity contribution in [2.75, 3.05) is 6.61 Å². The van der Waals surface area contributed by atoms with Crippen molar-refractivity contribution < 1.29 is 4.74 Å². The molecule has 0 fully saturated rings. The smallest absolute Gasteiger partial charge is 0.123 e. The van der Waals surface area contributed by atoms with Crippen molar-refractivity contribution in [3.05, 3.63) is 34.5 Å². The zero-order valence-corrected chi connectivity index (χ0v) is 9.14. The third kappa shape index (κ3) is 1.37. The molecule has 1 aliphatic rings. The first-order valence-electron chi connectivity index (χ1n) is 4.96. The molecule has 1 aliphatic heterocycles. The third-order valence-electron chi connectivity index (χ3n) is 2.70. The zero-order valence-electron chi connectivity index (χ0n) is 8.38. The number of hydrogen-bond donors (Lipinski definition) is 0. The quantitative estimate of drug-likeness (QED) is 0.679. The molecule has 76 valence electrons. The maximum atomic E-state index is 6.17. The highest BCUT2D eigenvalue weighted by Gasteiger charge is 2.14. The second-order valence-corrected chi connectivity index (χ2v) is 4.23. The third-order valence-corrected chi connectivity index (χ3v) is 3.01. The summed E-state index contributed by atoms with van der Waals surface area (Å²) in [5.41, 5.74) is 3.15. The number of fused-ring (bicyclic) bond motifs is 2. The van der Waals surface area contributed by atoms with Gasteiger partial charge in [-0.2, -0.15) is 0 Å². The Bertz CT molecular complexity index is 551. The predicted molar refractivity (Wildman–Crippen MR) is 60.7 cm³/mol. The molecule has 3 heteroatoms. The van der Waals surface area contributed by atoms with Gasteiger partial charge in [-0.15, -0.1) is 0 Å². The Kier molecular flexibility index (Phi) is 1.86. The topological polar surface area (TPSA) is 22.1 Å². The molecule has 15 heavy (non-hydrogen) atoms. The minimum absolute atomic E-state index is 0.746. The lowest BCUT2D eigenvalue weighted by Crippen LogP contribution is -1.87. The van der Waals surface area contributed by atoms with Gasteiger partial charge in [0, 0.05) is 17.5 Å². The number of pyridine rings is 1. The van der Waals surface area contributed by atoms with Gasteiger partial charge >= 0.3 is 0 Å². The van der Waals surface area contributed by atoms with Crippen LogP contribution < -0.4 is 4.74 Å². The van der Waals surface area contributed by atoms with E-state index in [1.807, 2.05) is 19.1 Å². The van der Waals surface area contributed by atoms with E-state index in [1.54, 1.807) is 0 Å². The summed E-state index contributed by atoms with van der Waals surface area (Å²) in [6, 6.07) is 5.95. The number of aryl methyl sites for hydroxylation is 1. The van der Waals surface area contributed by atoms with E-state index >= 15 is 0 Å². The maximum Gasteiger partial charge on any atom is 0.123 e. The summed E-state index contributed by atoms with van der Waals surface area (Å²) in [5, 5.41) is 1.72. The molecule has 2 nitrogen and oxygen atoms in total. The number of ether oxygens (including phenoxy) is 1. The first-order valence-corrected chi connectivity index (χ1v) is 5.34. The van der Waals surface area contributed by atoms with Gasteiger partial charge in [-0.3, -0.25) is 4.98 Å². The standard InChI is InChI=1S/C12H10ClNO/c1-7-4-10(13)9-6-12-8(2-3-15-12)5-11(9)14-7/h4-6H,2-3H2,1H3. The molecule has 0 radical (unpaired) electrons. The molecule has 1 aromatic carbocycles. The Morgan fingerprint density at radius 3 is 3.07 bits per heavy atom. The normalized spacial score (nSPS) is 14.0. The summed E-state index contributed by atoms with van der Waals surface area (Å²) in [6.45, 7) is 2.72. The van der Waals surface area contributed by atoms with Crippen LogP contribution in [0.5, 0.6) is 5.75 Å². The fraction of sp³-hybridized carbons (Fsp3) is 0.250. The van der Waals surface area contributed by atoms with Crippen LogP contribution in [0.4, 0.5) is 0 Å². The minimum Gasteiger partial charge on any atom is -0.493 e. The molecular weight excluding hydrogens is 210 g/mol. The van der Waals surface area contributed by atoms with E-state index < -0.39 is 0 Å². The van der Waals surface area contributed by atoms with Crippen LogP contribution in [0.2, 0.25) is 5.02 Å². The van der Waals surface area contributed by atoms with Crippen LogP contribution in [-0.4, -0.2) is 11.6 Å². The fourth-order valence-corrected chi connectivity index (χ4v) is 2.29. The van der Waals surface area contributed by atoms with E-state index in [1.165, 1.54) is 5.56 Å². The number of aromatic nitrogens is 1. The van der Waals surface area contributed by atoms with Gasteiger partial charge in [0.15, 0.2) is 0 Å². The van der Waals surface area contributed by atoms with Gasteiger partial charge in [0.05, 0.1) is 17.1 Å². The van der Waals surface area contributed by atoms with Gasteiger partial charge in [0.1, 0.15) is 5.75 Å². The molecule has 0 saturated heterocycles. The molecule has 2 aromatic rings. The van der Waals surface area contributed by atoms with Crippen LogP contribution in [0.25, 0.3) is 10.9 Å². The Balaban J connectivity index is 2.38. The summed E-state index contributed by atoms with van der Waals surface area (Å²) in [7, 11) is 0. The summed E-state index contributed by atoms with van der Waals surface area (Å²) in [5.74, 6) is 0.954. The molecule has 2 heterocycles. The summed E-state index contributed by atoms with van der Waals surface area (Å²) < 4.78 is 5.51. The number of rotatable bonds is 0. The molecular formula is C12H10ClNO. The molecule has 0 spiro atoms. The number of nitrogens with zero attached hydrogens (tertiary/aromatic N) is 1. The summed E-state index contributed by atoms with van der Waals surface area (Å²) >= 11 is 6.17. The largest absolute Gasteiger partial charge is 0.493 e. The second-order valence-electron chi connectivity index (χ2n) is 3.82. The van der Waals surface area contributed by atoms with E-state index in [9.17, 15) is 0 Å².